The number of carbonyl (C=O) groups is 1. The van der Waals surface area contributed by atoms with E-state index in [0.717, 1.165) is 22.7 Å². The first-order chi connectivity index (χ1) is 12.2. The Hall–Kier alpha value is -2.53. The van der Waals surface area contributed by atoms with Crippen LogP contribution in [-0.2, 0) is 11.2 Å². The lowest BCUT2D eigenvalue weighted by Gasteiger charge is -2.06. The summed E-state index contributed by atoms with van der Waals surface area (Å²) in [6.07, 6.45) is 0.843. The van der Waals surface area contributed by atoms with E-state index in [1.807, 2.05) is 53.2 Å². The highest BCUT2D eigenvalue weighted by Crippen LogP contribution is 2.19. The molecule has 2 aromatic carbocycles. The lowest BCUT2D eigenvalue weighted by molar-refractivity contribution is -0.113. The van der Waals surface area contributed by atoms with Crippen molar-refractivity contribution in [2.75, 3.05) is 11.1 Å². The number of anilines is 1. The molecule has 0 saturated carbocycles. The van der Waals surface area contributed by atoms with Crippen LogP contribution in [0.2, 0.25) is 0 Å². The first-order valence-electron chi connectivity index (χ1n) is 8.29. The molecule has 0 radical (unpaired) electrons. The number of nitrogens with zero attached hydrogens (tertiary/aromatic N) is 2. The Morgan fingerprint density at radius 1 is 1.12 bits per heavy atom. The van der Waals surface area contributed by atoms with Crippen molar-refractivity contribution in [2.45, 2.75) is 25.2 Å². The van der Waals surface area contributed by atoms with E-state index in [9.17, 15) is 4.79 Å². The zero-order valence-electron chi connectivity index (χ0n) is 14.4. The molecule has 0 aliphatic rings. The van der Waals surface area contributed by atoms with Crippen LogP contribution in [0.3, 0.4) is 0 Å². The number of benzene rings is 2. The summed E-state index contributed by atoms with van der Waals surface area (Å²) >= 11 is 1.52. The molecule has 0 fully saturated rings. The highest BCUT2D eigenvalue weighted by Gasteiger charge is 2.11. The Labute approximate surface area is 152 Å². The number of hydrogen-bond donors (Lipinski definition) is 1. The summed E-state index contributed by atoms with van der Waals surface area (Å²) in [6, 6.07) is 20.0. The Bertz CT molecular complexity index is 858. The molecule has 1 amide bonds. The SMILES string of the molecule is CCc1cc(NC(=O)CSc2ccccc2)nn1-c1cccc(C)c1. The average Bonchev–Trinajstić information content (AvgIpc) is 3.04. The van der Waals surface area contributed by atoms with Gasteiger partial charge in [-0.3, -0.25) is 4.79 Å². The monoisotopic (exact) mass is 351 g/mol. The minimum Gasteiger partial charge on any atom is -0.308 e. The average molecular weight is 351 g/mol. The summed E-state index contributed by atoms with van der Waals surface area (Å²) in [5.41, 5.74) is 3.26. The second kappa shape index (κ2) is 8.03. The van der Waals surface area contributed by atoms with Gasteiger partial charge in [0.1, 0.15) is 0 Å². The molecule has 1 heterocycles. The third kappa shape index (κ3) is 4.51. The van der Waals surface area contributed by atoms with Gasteiger partial charge in [0.05, 0.1) is 11.4 Å². The summed E-state index contributed by atoms with van der Waals surface area (Å²) in [5.74, 6) is 0.908. The maximum atomic E-state index is 12.2. The van der Waals surface area contributed by atoms with Crippen molar-refractivity contribution in [1.82, 2.24) is 9.78 Å². The summed E-state index contributed by atoms with van der Waals surface area (Å²) in [6.45, 7) is 4.14. The summed E-state index contributed by atoms with van der Waals surface area (Å²) in [5, 5.41) is 7.46. The van der Waals surface area contributed by atoms with Gasteiger partial charge in [-0.05, 0) is 43.2 Å². The van der Waals surface area contributed by atoms with Crippen LogP contribution in [0, 0.1) is 6.92 Å². The third-order valence-electron chi connectivity index (χ3n) is 3.77. The lowest BCUT2D eigenvalue weighted by Crippen LogP contribution is -2.14. The van der Waals surface area contributed by atoms with Crippen LogP contribution >= 0.6 is 11.8 Å². The molecule has 0 aliphatic carbocycles. The van der Waals surface area contributed by atoms with Crippen LogP contribution < -0.4 is 5.32 Å². The molecular formula is C20H21N3OS. The molecule has 4 nitrogen and oxygen atoms in total. The van der Waals surface area contributed by atoms with E-state index >= 15 is 0 Å². The molecule has 0 spiro atoms. The van der Waals surface area contributed by atoms with Crippen LogP contribution in [0.15, 0.2) is 65.6 Å². The van der Waals surface area contributed by atoms with E-state index in [-0.39, 0.29) is 5.91 Å². The summed E-state index contributed by atoms with van der Waals surface area (Å²) in [4.78, 5) is 13.3. The first-order valence-corrected chi connectivity index (χ1v) is 9.28. The molecule has 0 atom stereocenters. The standard InChI is InChI=1S/C20H21N3OS/c1-3-16-13-19(22-23(16)17-9-7-8-15(2)12-17)21-20(24)14-25-18-10-5-4-6-11-18/h4-13H,3,14H2,1-2H3,(H,21,22,24). The van der Waals surface area contributed by atoms with Crippen molar-refractivity contribution in [3.63, 3.8) is 0 Å². The predicted molar refractivity (Wildman–Crippen MR) is 103 cm³/mol. The molecule has 5 heteroatoms. The van der Waals surface area contributed by atoms with Crippen molar-refractivity contribution in [3.05, 3.63) is 71.9 Å². The van der Waals surface area contributed by atoms with Crippen molar-refractivity contribution >= 4 is 23.5 Å². The molecule has 0 saturated heterocycles. The molecule has 25 heavy (non-hydrogen) atoms. The largest absolute Gasteiger partial charge is 0.308 e. The maximum absolute atomic E-state index is 12.2. The Morgan fingerprint density at radius 2 is 1.92 bits per heavy atom. The molecule has 128 valence electrons. The smallest absolute Gasteiger partial charge is 0.235 e. The molecule has 3 rings (SSSR count). The molecule has 1 N–H and O–H groups in total. The minimum absolute atomic E-state index is 0.0506. The second-order valence-electron chi connectivity index (χ2n) is 5.78. The zero-order valence-corrected chi connectivity index (χ0v) is 15.2. The van der Waals surface area contributed by atoms with Crippen LogP contribution in [0.4, 0.5) is 5.82 Å². The summed E-state index contributed by atoms with van der Waals surface area (Å²) < 4.78 is 1.90. The van der Waals surface area contributed by atoms with Crippen molar-refractivity contribution in [1.29, 1.82) is 0 Å². The molecule has 0 bridgehead atoms. The third-order valence-corrected chi connectivity index (χ3v) is 4.78. The van der Waals surface area contributed by atoms with Crippen LogP contribution in [0.25, 0.3) is 5.69 Å². The predicted octanol–water partition coefficient (Wildman–Crippen LogP) is 4.47. The van der Waals surface area contributed by atoms with Gasteiger partial charge in [0.25, 0.3) is 0 Å². The van der Waals surface area contributed by atoms with E-state index in [0.29, 0.717) is 11.6 Å². The quantitative estimate of drug-likeness (QED) is 0.666. The van der Waals surface area contributed by atoms with E-state index < -0.39 is 0 Å². The number of aromatic nitrogens is 2. The van der Waals surface area contributed by atoms with Crippen LogP contribution in [0.5, 0.6) is 0 Å². The van der Waals surface area contributed by atoms with Gasteiger partial charge in [0, 0.05) is 16.7 Å². The zero-order chi connectivity index (χ0) is 17.6. The topological polar surface area (TPSA) is 46.9 Å². The van der Waals surface area contributed by atoms with Gasteiger partial charge in [0.15, 0.2) is 5.82 Å². The molecule has 0 unspecified atom stereocenters. The molecule has 3 aromatic rings. The molecular weight excluding hydrogens is 330 g/mol. The molecule has 0 aliphatic heterocycles. The normalized spacial score (nSPS) is 10.6. The Morgan fingerprint density at radius 3 is 2.64 bits per heavy atom. The lowest BCUT2D eigenvalue weighted by atomic mass is 10.2. The number of nitrogens with one attached hydrogen (secondary N) is 1. The fourth-order valence-electron chi connectivity index (χ4n) is 2.56. The van der Waals surface area contributed by atoms with E-state index in [4.69, 9.17) is 0 Å². The van der Waals surface area contributed by atoms with Gasteiger partial charge in [-0.15, -0.1) is 16.9 Å². The van der Waals surface area contributed by atoms with Crippen molar-refractivity contribution < 1.29 is 4.79 Å². The maximum Gasteiger partial charge on any atom is 0.235 e. The number of hydrogen-bond acceptors (Lipinski definition) is 3. The highest BCUT2D eigenvalue weighted by molar-refractivity contribution is 8.00. The van der Waals surface area contributed by atoms with E-state index in [1.54, 1.807) is 0 Å². The molecule has 1 aromatic heterocycles. The fourth-order valence-corrected chi connectivity index (χ4v) is 3.28. The van der Waals surface area contributed by atoms with Gasteiger partial charge < -0.3 is 5.32 Å². The van der Waals surface area contributed by atoms with Crippen molar-refractivity contribution in [2.24, 2.45) is 0 Å². The van der Waals surface area contributed by atoms with Crippen LogP contribution in [0.1, 0.15) is 18.2 Å². The number of amides is 1. The minimum atomic E-state index is -0.0506. The fraction of sp³-hybridized carbons (Fsp3) is 0.200. The summed E-state index contributed by atoms with van der Waals surface area (Å²) in [7, 11) is 0. The van der Waals surface area contributed by atoms with Gasteiger partial charge in [-0.1, -0.05) is 37.3 Å². The number of rotatable bonds is 6. The number of aryl methyl sites for hydroxylation is 2. The Balaban J connectivity index is 1.69. The van der Waals surface area contributed by atoms with Crippen LogP contribution in [-0.4, -0.2) is 21.4 Å². The van der Waals surface area contributed by atoms with Gasteiger partial charge in [0.2, 0.25) is 5.91 Å². The highest BCUT2D eigenvalue weighted by atomic mass is 32.2. The van der Waals surface area contributed by atoms with E-state index in [1.165, 1.54) is 17.3 Å². The van der Waals surface area contributed by atoms with Gasteiger partial charge in [-0.2, -0.15) is 0 Å². The van der Waals surface area contributed by atoms with Gasteiger partial charge in [-0.25, -0.2) is 4.68 Å². The Kier molecular flexibility index (Phi) is 5.56. The number of thioether (sulfide) groups is 1. The first kappa shape index (κ1) is 17.3. The van der Waals surface area contributed by atoms with Crippen molar-refractivity contribution in [3.8, 4) is 5.69 Å². The second-order valence-corrected chi connectivity index (χ2v) is 6.82. The van der Waals surface area contributed by atoms with E-state index in [2.05, 4.69) is 36.4 Å². The van der Waals surface area contributed by atoms with Gasteiger partial charge >= 0.3 is 0 Å². The number of carbonyl (C=O) groups excluding carboxylic acids is 1.